The van der Waals surface area contributed by atoms with Crippen molar-refractivity contribution in [2.45, 2.75) is 39.8 Å². The predicted octanol–water partition coefficient (Wildman–Crippen LogP) is 4.85. The van der Waals surface area contributed by atoms with Crippen LogP contribution in [-0.4, -0.2) is 28.2 Å². The summed E-state index contributed by atoms with van der Waals surface area (Å²) in [7, 11) is 0. The van der Waals surface area contributed by atoms with E-state index in [4.69, 9.17) is 9.47 Å². The third-order valence-corrected chi connectivity index (χ3v) is 5.44. The third kappa shape index (κ3) is 6.89. The first-order valence-electron chi connectivity index (χ1n) is 11.6. The van der Waals surface area contributed by atoms with E-state index in [2.05, 4.69) is 10.2 Å². The molecular formula is C27H26N4O6. The zero-order valence-corrected chi connectivity index (χ0v) is 20.5. The van der Waals surface area contributed by atoms with E-state index in [1.807, 2.05) is 43.3 Å². The molecule has 0 fully saturated rings. The first-order chi connectivity index (χ1) is 17.8. The van der Waals surface area contributed by atoms with Crippen LogP contribution in [0.15, 0.2) is 69.6 Å². The number of hydrogen-bond acceptors (Lipinski definition) is 9. The van der Waals surface area contributed by atoms with E-state index >= 15 is 0 Å². The lowest BCUT2D eigenvalue weighted by atomic mass is 10.1. The minimum Gasteiger partial charge on any atom is -0.493 e. The molecule has 10 nitrogen and oxygen atoms in total. The summed E-state index contributed by atoms with van der Waals surface area (Å²) in [4.78, 5) is 36.9. The van der Waals surface area contributed by atoms with Crippen LogP contribution in [0.5, 0.6) is 5.88 Å². The van der Waals surface area contributed by atoms with Crippen molar-refractivity contribution in [1.82, 2.24) is 4.57 Å². The molecule has 10 heteroatoms. The fraction of sp³-hybridized carbons (Fsp3) is 0.259. The lowest BCUT2D eigenvalue weighted by molar-refractivity contribution is -0.148. The van der Waals surface area contributed by atoms with Crippen LogP contribution >= 0.6 is 0 Å². The summed E-state index contributed by atoms with van der Waals surface area (Å²) in [5.74, 6) is -1.77. The number of esters is 2. The van der Waals surface area contributed by atoms with Crippen molar-refractivity contribution in [3.05, 3.63) is 87.2 Å². The third-order valence-electron chi connectivity index (χ3n) is 5.44. The van der Waals surface area contributed by atoms with Gasteiger partial charge >= 0.3 is 11.9 Å². The SMILES string of the molecule is CCCCn1c(O)c(C#N)c(C)c(N=Nc2ccc(C(=O)OCC(=O)OCc3ccccc3)cc2)c1=O. The number of hydrogen-bond donors (Lipinski definition) is 1. The van der Waals surface area contributed by atoms with Gasteiger partial charge in [0.25, 0.3) is 5.56 Å². The Kier molecular flexibility index (Phi) is 9.27. The molecule has 190 valence electrons. The minimum atomic E-state index is -0.716. The van der Waals surface area contributed by atoms with E-state index in [0.29, 0.717) is 12.1 Å². The van der Waals surface area contributed by atoms with Gasteiger partial charge in [0.05, 0.1) is 11.3 Å². The van der Waals surface area contributed by atoms with E-state index in [0.717, 1.165) is 16.6 Å². The number of rotatable bonds is 10. The highest BCUT2D eigenvalue weighted by Crippen LogP contribution is 2.27. The first-order valence-corrected chi connectivity index (χ1v) is 11.6. The second-order valence-electron chi connectivity index (χ2n) is 8.06. The summed E-state index contributed by atoms with van der Waals surface area (Å²) < 4.78 is 11.2. The average Bonchev–Trinajstić information content (AvgIpc) is 2.91. The fourth-order valence-electron chi connectivity index (χ4n) is 3.34. The highest BCUT2D eigenvalue weighted by molar-refractivity contribution is 5.91. The molecule has 37 heavy (non-hydrogen) atoms. The number of ether oxygens (including phenoxy) is 2. The molecule has 0 saturated carbocycles. The number of pyridine rings is 1. The molecule has 3 aromatic rings. The van der Waals surface area contributed by atoms with Crippen LogP contribution in [-0.2, 0) is 27.4 Å². The standard InChI is InChI=1S/C27H26N4O6/c1-3-4-14-31-25(33)22(15-28)18(2)24(26(31)34)30-29-21-12-10-20(11-13-21)27(35)37-17-23(32)36-16-19-8-6-5-7-9-19/h5-13,33H,3-4,14,16-17H2,1-2H3. The van der Waals surface area contributed by atoms with Gasteiger partial charge in [0.15, 0.2) is 12.3 Å². The summed E-state index contributed by atoms with van der Waals surface area (Å²) in [6, 6.07) is 16.9. The van der Waals surface area contributed by atoms with Gasteiger partial charge in [-0.1, -0.05) is 43.7 Å². The highest BCUT2D eigenvalue weighted by Gasteiger charge is 2.19. The molecule has 1 heterocycles. The van der Waals surface area contributed by atoms with Crippen LogP contribution in [0.4, 0.5) is 11.4 Å². The lowest BCUT2D eigenvalue weighted by Crippen LogP contribution is -2.22. The number of carbonyl (C=O) groups excluding carboxylic acids is 2. The summed E-state index contributed by atoms with van der Waals surface area (Å²) in [5.41, 5.74) is 0.922. The Bertz CT molecular complexity index is 1390. The molecule has 0 radical (unpaired) electrons. The average molecular weight is 503 g/mol. The molecule has 0 aliphatic rings. The van der Waals surface area contributed by atoms with Crippen LogP contribution < -0.4 is 5.56 Å². The Morgan fingerprint density at radius 3 is 2.41 bits per heavy atom. The van der Waals surface area contributed by atoms with Gasteiger partial charge in [-0.05, 0) is 43.2 Å². The highest BCUT2D eigenvalue weighted by atomic mass is 16.6. The van der Waals surface area contributed by atoms with Crippen LogP contribution in [0.2, 0.25) is 0 Å². The molecule has 0 aliphatic carbocycles. The summed E-state index contributed by atoms with van der Waals surface area (Å²) in [5, 5.41) is 27.8. The number of benzene rings is 2. The molecular weight excluding hydrogens is 476 g/mol. The Balaban J connectivity index is 1.65. The van der Waals surface area contributed by atoms with E-state index in [9.17, 15) is 24.8 Å². The number of unbranched alkanes of at least 4 members (excludes halogenated alkanes) is 1. The van der Waals surface area contributed by atoms with Crippen LogP contribution in [0.3, 0.4) is 0 Å². The Morgan fingerprint density at radius 2 is 1.76 bits per heavy atom. The predicted molar refractivity (Wildman–Crippen MR) is 134 cm³/mol. The molecule has 0 unspecified atom stereocenters. The number of azo groups is 1. The number of aromatic nitrogens is 1. The van der Waals surface area contributed by atoms with E-state index in [-0.39, 0.29) is 41.4 Å². The summed E-state index contributed by atoms with van der Waals surface area (Å²) >= 11 is 0. The Hall–Kier alpha value is -4.78. The largest absolute Gasteiger partial charge is 0.493 e. The van der Waals surface area contributed by atoms with Crippen molar-refractivity contribution >= 4 is 23.3 Å². The van der Waals surface area contributed by atoms with Crippen molar-refractivity contribution in [3.63, 3.8) is 0 Å². The smallest absolute Gasteiger partial charge is 0.344 e. The molecule has 3 rings (SSSR count). The maximum Gasteiger partial charge on any atom is 0.344 e. The number of aromatic hydroxyl groups is 1. The molecule has 0 spiro atoms. The van der Waals surface area contributed by atoms with Gasteiger partial charge in [-0.2, -0.15) is 10.4 Å². The molecule has 2 aromatic carbocycles. The molecule has 0 amide bonds. The molecule has 0 atom stereocenters. The van der Waals surface area contributed by atoms with Crippen molar-refractivity contribution in [2.75, 3.05) is 6.61 Å². The number of nitriles is 1. The second-order valence-corrected chi connectivity index (χ2v) is 8.06. The van der Waals surface area contributed by atoms with Crippen molar-refractivity contribution in [2.24, 2.45) is 10.2 Å². The zero-order valence-electron chi connectivity index (χ0n) is 20.5. The minimum absolute atomic E-state index is 0.0370. The molecule has 0 bridgehead atoms. The molecule has 1 aromatic heterocycles. The van der Waals surface area contributed by atoms with E-state index in [1.165, 1.54) is 31.2 Å². The van der Waals surface area contributed by atoms with Gasteiger partial charge in [-0.15, -0.1) is 5.11 Å². The monoisotopic (exact) mass is 502 g/mol. The van der Waals surface area contributed by atoms with Crippen LogP contribution in [0.25, 0.3) is 0 Å². The molecule has 0 saturated heterocycles. The maximum absolute atomic E-state index is 12.8. The van der Waals surface area contributed by atoms with Crippen LogP contribution in [0, 0.1) is 18.3 Å². The zero-order chi connectivity index (χ0) is 26.8. The van der Waals surface area contributed by atoms with Crippen molar-refractivity contribution < 1.29 is 24.2 Å². The summed E-state index contributed by atoms with van der Waals surface area (Å²) in [6.45, 7) is 3.26. The van der Waals surface area contributed by atoms with Crippen molar-refractivity contribution in [1.29, 1.82) is 5.26 Å². The van der Waals surface area contributed by atoms with Crippen LogP contribution in [0.1, 0.15) is 46.8 Å². The maximum atomic E-state index is 12.8. The second kappa shape index (κ2) is 12.8. The Morgan fingerprint density at radius 1 is 1.05 bits per heavy atom. The number of carbonyl (C=O) groups is 2. The quantitative estimate of drug-likeness (QED) is 0.308. The van der Waals surface area contributed by atoms with Gasteiger partial charge in [-0.3, -0.25) is 9.36 Å². The molecule has 0 aliphatic heterocycles. The van der Waals surface area contributed by atoms with E-state index < -0.39 is 24.1 Å². The lowest BCUT2D eigenvalue weighted by Gasteiger charge is -2.12. The van der Waals surface area contributed by atoms with Gasteiger partial charge in [-0.25, -0.2) is 9.59 Å². The Labute approximate surface area is 213 Å². The van der Waals surface area contributed by atoms with Crippen molar-refractivity contribution in [3.8, 4) is 11.9 Å². The topological polar surface area (TPSA) is 143 Å². The van der Waals surface area contributed by atoms with Gasteiger partial charge in [0, 0.05) is 12.1 Å². The van der Waals surface area contributed by atoms with Gasteiger partial charge < -0.3 is 14.6 Å². The van der Waals surface area contributed by atoms with Gasteiger partial charge in [0.1, 0.15) is 18.2 Å². The number of nitrogens with zero attached hydrogens (tertiary/aromatic N) is 4. The molecule has 1 N–H and O–H groups in total. The first kappa shape index (κ1) is 26.8. The normalized spacial score (nSPS) is 10.7. The fourth-order valence-corrected chi connectivity index (χ4v) is 3.34. The van der Waals surface area contributed by atoms with Gasteiger partial charge in [0.2, 0.25) is 5.88 Å². The summed E-state index contributed by atoms with van der Waals surface area (Å²) in [6.07, 6.45) is 1.43. The van der Waals surface area contributed by atoms with E-state index in [1.54, 1.807) is 0 Å².